The maximum absolute atomic E-state index is 11.6. The number of hydrogen-bond donors (Lipinski definition) is 2. The maximum atomic E-state index is 11.6. The Bertz CT molecular complexity index is 418. The lowest BCUT2D eigenvalue weighted by molar-refractivity contribution is -0.126. The van der Waals surface area contributed by atoms with Crippen molar-refractivity contribution in [1.29, 1.82) is 0 Å². The minimum absolute atomic E-state index is 0.0640. The molecule has 20 heavy (non-hydrogen) atoms. The van der Waals surface area contributed by atoms with Gasteiger partial charge in [-0.2, -0.15) is 0 Å². The van der Waals surface area contributed by atoms with E-state index in [2.05, 4.69) is 22.8 Å². The van der Waals surface area contributed by atoms with E-state index in [1.165, 1.54) is 5.56 Å². The minimum atomic E-state index is -0.130. The Morgan fingerprint density at radius 1 is 1.15 bits per heavy atom. The molecule has 0 heterocycles. The van der Waals surface area contributed by atoms with Crippen LogP contribution < -0.4 is 10.6 Å². The van der Waals surface area contributed by atoms with Gasteiger partial charge in [0, 0.05) is 12.5 Å². The van der Waals surface area contributed by atoms with Gasteiger partial charge in [-0.3, -0.25) is 9.59 Å². The van der Waals surface area contributed by atoms with Crippen molar-refractivity contribution in [3.63, 3.8) is 0 Å². The van der Waals surface area contributed by atoms with E-state index in [1.54, 1.807) is 0 Å². The van der Waals surface area contributed by atoms with Gasteiger partial charge in [-0.25, -0.2) is 0 Å². The monoisotopic (exact) mass is 276 g/mol. The van der Waals surface area contributed by atoms with E-state index in [0.717, 1.165) is 19.3 Å². The van der Waals surface area contributed by atoms with E-state index in [1.807, 2.05) is 32.0 Å². The minimum Gasteiger partial charge on any atom is -0.352 e. The first-order valence-electron chi connectivity index (χ1n) is 7.21. The number of carbonyl (C=O) groups is 2. The van der Waals surface area contributed by atoms with Gasteiger partial charge in [0.05, 0.1) is 6.54 Å². The third-order valence-electron chi connectivity index (χ3n) is 3.04. The summed E-state index contributed by atoms with van der Waals surface area (Å²) in [7, 11) is 0. The van der Waals surface area contributed by atoms with Crippen LogP contribution in [0.4, 0.5) is 0 Å². The number of nitrogens with one attached hydrogen (secondary N) is 2. The van der Waals surface area contributed by atoms with Crippen LogP contribution in [0.1, 0.15) is 38.7 Å². The van der Waals surface area contributed by atoms with Crippen LogP contribution in [0.5, 0.6) is 0 Å². The van der Waals surface area contributed by atoms with Crippen LogP contribution in [0.3, 0.4) is 0 Å². The Labute approximate surface area is 121 Å². The smallest absolute Gasteiger partial charge is 0.239 e. The van der Waals surface area contributed by atoms with Gasteiger partial charge in [0.25, 0.3) is 0 Å². The first-order chi connectivity index (χ1) is 9.61. The molecule has 0 aliphatic carbocycles. The third-order valence-corrected chi connectivity index (χ3v) is 3.04. The maximum Gasteiger partial charge on any atom is 0.239 e. The molecule has 0 spiro atoms. The Morgan fingerprint density at radius 3 is 2.50 bits per heavy atom. The molecule has 0 aromatic heterocycles. The molecular formula is C16H24N2O2. The van der Waals surface area contributed by atoms with Crippen LogP contribution in [-0.2, 0) is 16.0 Å². The van der Waals surface area contributed by atoms with Gasteiger partial charge in [-0.05, 0) is 31.7 Å². The van der Waals surface area contributed by atoms with Gasteiger partial charge in [0.2, 0.25) is 11.8 Å². The van der Waals surface area contributed by atoms with E-state index in [0.29, 0.717) is 6.42 Å². The Balaban J connectivity index is 2.19. The predicted octanol–water partition coefficient (Wildman–Crippen LogP) is 2.04. The molecule has 1 atom stereocenters. The Kier molecular flexibility index (Phi) is 7.40. The normalized spacial score (nSPS) is 11.7. The number of rotatable bonds is 8. The van der Waals surface area contributed by atoms with Crippen molar-refractivity contribution in [2.75, 3.05) is 6.54 Å². The summed E-state index contributed by atoms with van der Waals surface area (Å²) in [4.78, 5) is 22.9. The number of hydrogen-bond acceptors (Lipinski definition) is 2. The molecule has 2 amide bonds. The second kappa shape index (κ2) is 9.13. The summed E-state index contributed by atoms with van der Waals surface area (Å²) in [6.45, 7) is 3.98. The van der Waals surface area contributed by atoms with Crippen LogP contribution in [-0.4, -0.2) is 24.4 Å². The van der Waals surface area contributed by atoms with Crippen LogP contribution in [0.2, 0.25) is 0 Å². The summed E-state index contributed by atoms with van der Waals surface area (Å²) in [5.41, 5.74) is 1.27. The van der Waals surface area contributed by atoms with E-state index < -0.39 is 0 Å². The number of benzene rings is 1. The highest BCUT2D eigenvalue weighted by molar-refractivity contribution is 5.84. The van der Waals surface area contributed by atoms with Crippen LogP contribution in [0.25, 0.3) is 0 Å². The molecule has 0 saturated carbocycles. The van der Waals surface area contributed by atoms with Crippen molar-refractivity contribution in [3.05, 3.63) is 35.9 Å². The standard InChI is InChI=1S/C16H24N2O2/c1-3-7-15(19)17-12-16(20)18-13(2)10-11-14-8-5-4-6-9-14/h4-6,8-9,13H,3,7,10-12H2,1-2H3,(H,17,19)(H,18,20)/t13-/m0/s1. The molecular weight excluding hydrogens is 252 g/mol. The zero-order chi connectivity index (χ0) is 14.8. The lowest BCUT2D eigenvalue weighted by atomic mass is 10.1. The van der Waals surface area contributed by atoms with E-state index >= 15 is 0 Å². The SMILES string of the molecule is CCCC(=O)NCC(=O)N[C@@H](C)CCc1ccccc1. The fourth-order valence-corrected chi connectivity index (χ4v) is 1.92. The van der Waals surface area contributed by atoms with E-state index in [-0.39, 0.29) is 24.4 Å². The first-order valence-corrected chi connectivity index (χ1v) is 7.21. The molecule has 4 heteroatoms. The average molecular weight is 276 g/mol. The van der Waals surface area contributed by atoms with Gasteiger partial charge in [-0.15, -0.1) is 0 Å². The van der Waals surface area contributed by atoms with Gasteiger partial charge in [0.1, 0.15) is 0 Å². The van der Waals surface area contributed by atoms with Crippen molar-refractivity contribution in [3.8, 4) is 0 Å². The fraction of sp³-hybridized carbons (Fsp3) is 0.500. The largest absolute Gasteiger partial charge is 0.352 e. The first kappa shape index (κ1) is 16.2. The molecule has 0 aliphatic heterocycles. The molecule has 0 fully saturated rings. The number of amides is 2. The molecule has 1 aromatic carbocycles. The molecule has 0 radical (unpaired) electrons. The number of aryl methyl sites for hydroxylation is 1. The molecule has 0 aliphatic rings. The fourth-order valence-electron chi connectivity index (χ4n) is 1.92. The highest BCUT2D eigenvalue weighted by atomic mass is 16.2. The highest BCUT2D eigenvalue weighted by Crippen LogP contribution is 2.04. The average Bonchev–Trinajstić information content (AvgIpc) is 2.44. The molecule has 0 saturated heterocycles. The summed E-state index contributed by atoms with van der Waals surface area (Å²) >= 11 is 0. The Morgan fingerprint density at radius 2 is 1.85 bits per heavy atom. The summed E-state index contributed by atoms with van der Waals surface area (Å²) in [6, 6.07) is 10.3. The predicted molar refractivity (Wildman–Crippen MR) is 80.3 cm³/mol. The lowest BCUT2D eigenvalue weighted by Gasteiger charge is -2.14. The molecule has 1 rings (SSSR count). The molecule has 2 N–H and O–H groups in total. The van der Waals surface area contributed by atoms with Crippen LogP contribution in [0, 0.1) is 0 Å². The van der Waals surface area contributed by atoms with Crippen LogP contribution in [0.15, 0.2) is 30.3 Å². The van der Waals surface area contributed by atoms with Crippen molar-refractivity contribution < 1.29 is 9.59 Å². The molecule has 0 unspecified atom stereocenters. The van der Waals surface area contributed by atoms with Crippen molar-refractivity contribution in [1.82, 2.24) is 10.6 Å². The van der Waals surface area contributed by atoms with Gasteiger partial charge < -0.3 is 10.6 Å². The van der Waals surface area contributed by atoms with E-state index in [9.17, 15) is 9.59 Å². The summed E-state index contributed by atoms with van der Waals surface area (Å²) in [5, 5.41) is 5.51. The van der Waals surface area contributed by atoms with Gasteiger partial charge in [-0.1, -0.05) is 37.3 Å². The topological polar surface area (TPSA) is 58.2 Å². The van der Waals surface area contributed by atoms with Gasteiger partial charge in [0.15, 0.2) is 0 Å². The van der Waals surface area contributed by atoms with E-state index in [4.69, 9.17) is 0 Å². The zero-order valence-corrected chi connectivity index (χ0v) is 12.3. The molecule has 1 aromatic rings. The van der Waals surface area contributed by atoms with Crippen LogP contribution >= 0.6 is 0 Å². The second-order valence-corrected chi connectivity index (χ2v) is 5.02. The lowest BCUT2D eigenvalue weighted by Crippen LogP contribution is -2.40. The number of carbonyl (C=O) groups excluding carboxylic acids is 2. The summed E-state index contributed by atoms with van der Waals surface area (Å²) in [5.74, 6) is -0.199. The highest BCUT2D eigenvalue weighted by Gasteiger charge is 2.08. The van der Waals surface area contributed by atoms with Crippen molar-refractivity contribution in [2.45, 2.75) is 45.6 Å². The zero-order valence-electron chi connectivity index (χ0n) is 12.3. The summed E-state index contributed by atoms with van der Waals surface area (Å²) in [6.07, 6.45) is 3.08. The molecule has 110 valence electrons. The molecule has 0 bridgehead atoms. The van der Waals surface area contributed by atoms with Crippen molar-refractivity contribution in [2.24, 2.45) is 0 Å². The summed E-state index contributed by atoms with van der Waals surface area (Å²) < 4.78 is 0. The Hall–Kier alpha value is -1.84. The van der Waals surface area contributed by atoms with Crippen molar-refractivity contribution >= 4 is 11.8 Å². The third kappa shape index (κ3) is 6.92. The quantitative estimate of drug-likeness (QED) is 0.763. The molecule has 4 nitrogen and oxygen atoms in total. The second-order valence-electron chi connectivity index (χ2n) is 5.02. The van der Waals surface area contributed by atoms with Gasteiger partial charge >= 0.3 is 0 Å².